The number of nitrogens with one attached hydrogen (secondary N) is 1. The second-order valence-electron chi connectivity index (χ2n) is 9.41. The summed E-state index contributed by atoms with van der Waals surface area (Å²) in [6, 6.07) is 4.12. The third-order valence-electron chi connectivity index (χ3n) is 7.18. The van der Waals surface area contributed by atoms with Gasteiger partial charge in [-0.05, 0) is 55.6 Å². The minimum Gasteiger partial charge on any atom is -0.381 e. The third kappa shape index (κ3) is 4.48. The summed E-state index contributed by atoms with van der Waals surface area (Å²) in [6.07, 6.45) is 4.66. The SMILES string of the molecule is FC1(F)CCN(c2ccc(NC3CC4CN(CC5CCOCC5)CC4C3)nn2)C1. The molecule has 2 unspecified atom stereocenters. The molecule has 6 nitrogen and oxygen atoms in total. The smallest absolute Gasteiger partial charge is 0.266 e. The highest BCUT2D eigenvalue weighted by Crippen LogP contribution is 2.39. The lowest BCUT2D eigenvalue weighted by molar-refractivity contribution is 0.0256. The van der Waals surface area contributed by atoms with Crippen molar-refractivity contribution in [2.45, 2.75) is 44.1 Å². The lowest BCUT2D eigenvalue weighted by Gasteiger charge is -2.27. The fraction of sp³-hybridized carbons (Fsp3) is 0.810. The van der Waals surface area contributed by atoms with Crippen LogP contribution in [-0.4, -0.2) is 73.0 Å². The molecule has 2 atom stereocenters. The maximum absolute atomic E-state index is 13.4. The number of aromatic nitrogens is 2. The van der Waals surface area contributed by atoms with E-state index in [9.17, 15) is 8.78 Å². The maximum atomic E-state index is 13.4. The molecular formula is C21H31F2N5O. The van der Waals surface area contributed by atoms with E-state index in [0.29, 0.717) is 18.4 Å². The number of halogens is 2. The van der Waals surface area contributed by atoms with Crippen LogP contribution >= 0.6 is 0 Å². The average molecular weight is 408 g/mol. The van der Waals surface area contributed by atoms with Gasteiger partial charge in [-0.3, -0.25) is 0 Å². The first-order valence-electron chi connectivity index (χ1n) is 11.1. The predicted molar refractivity (Wildman–Crippen MR) is 107 cm³/mol. The number of hydrogen-bond acceptors (Lipinski definition) is 6. The van der Waals surface area contributed by atoms with Gasteiger partial charge < -0.3 is 19.9 Å². The summed E-state index contributed by atoms with van der Waals surface area (Å²) in [6.45, 7) is 5.60. The van der Waals surface area contributed by atoms with Gasteiger partial charge in [0.15, 0.2) is 5.82 Å². The van der Waals surface area contributed by atoms with Crippen LogP contribution in [0.15, 0.2) is 12.1 Å². The van der Waals surface area contributed by atoms with Crippen LogP contribution in [-0.2, 0) is 4.74 Å². The molecule has 1 aromatic heterocycles. The van der Waals surface area contributed by atoms with Crippen LogP contribution in [0.3, 0.4) is 0 Å². The number of ether oxygens (including phenoxy) is 1. The predicted octanol–water partition coefficient (Wildman–Crippen LogP) is 2.87. The summed E-state index contributed by atoms with van der Waals surface area (Å²) in [5.41, 5.74) is 0. The van der Waals surface area contributed by atoms with Gasteiger partial charge >= 0.3 is 0 Å². The molecule has 1 aliphatic carbocycles. The Balaban J connectivity index is 1.09. The largest absolute Gasteiger partial charge is 0.381 e. The van der Waals surface area contributed by atoms with Gasteiger partial charge in [-0.1, -0.05) is 0 Å². The van der Waals surface area contributed by atoms with Crippen LogP contribution in [0.5, 0.6) is 0 Å². The Labute approximate surface area is 171 Å². The number of alkyl halides is 2. The van der Waals surface area contributed by atoms with Crippen molar-refractivity contribution in [3.8, 4) is 0 Å². The average Bonchev–Trinajstić information content (AvgIpc) is 3.36. The first-order chi connectivity index (χ1) is 14.0. The van der Waals surface area contributed by atoms with Crippen molar-refractivity contribution >= 4 is 11.6 Å². The molecule has 1 saturated carbocycles. The minimum atomic E-state index is -2.61. The molecule has 4 fully saturated rings. The zero-order valence-corrected chi connectivity index (χ0v) is 16.9. The molecule has 4 heterocycles. The second kappa shape index (κ2) is 7.95. The summed E-state index contributed by atoms with van der Waals surface area (Å²) in [5.74, 6) is 1.03. The standard InChI is InChI=1S/C21H31F2N5O/c22-21(23)5-6-28(14-21)20-2-1-19(25-26-20)24-18-9-16-12-27(13-17(16)10-18)11-15-3-7-29-8-4-15/h1-2,15-18H,3-14H2,(H,24,25). The van der Waals surface area contributed by atoms with Gasteiger partial charge in [0.25, 0.3) is 5.92 Å². The molecule has 3 aliphatic heterocycles. The second-order valence-corrected chi connectivity index (χ2v) is 9.41. The molecule has 29 heavy (non-hydrogen) atoms. The highest BCUT2D eigenvalue weighted by Gasteiger charge is 2.41. The highest BCUT2D eigenvalue weighted by molar-refractivity contribution is 5.45. The maximum Gasteiger partial charge on any atom is 0.266 e. The van der Waals surface area contributed by atoms with Gasteiger partial charge in [0.2, 0.25) is 0 Å². The topological polar surface area (TPSA) is 53.5 Å². The van der Waals surface area contributed by atoms with Crippen LogP contribution in [0.25, 0.3) is 0 Å². The van der Waals surface area contributed by atoms with E-state index in [1.807, 2.05) is 12.1 Å². The molecule has 5 rings (SSSR count). The van der Waals surface area contributed by atoms with Crippen molar-refractivity contribution in [2.24, 2.45) is 17.8 Å². The van der Waals surface area contributed by atoms with Crippen LogP contribution in [0, 0.1) is 17.8 Å². The molecule has 8 heteroatoms. The Hall–Kier alpha value is -1.54. The molecule has 3 saturated heterocycles. The van der Waals surface area contributed by atoms with Crippen molar-refractivity contribution in [3.05, 3.63) is 12.1 Å². The Morgan fingerprint density at radius 1 is 1.10 bits per heavy atom. The molecular weight excluding hydrogens is 376 g/mol. The number of anilines is 2. The third-order valence-corrected chi connectivity index (χ3v) is 7.18. The van der Waals surface area contributed by atoms with Crippen LogP contribution in [0.4, 0.5) is 20.4 Å². The van der Waals surface area contributed by atoms with Crippen LogP contribution < -0.4 is 10.2 Å². The quantitative estimate of drug-likeness (QED) is 0.810. The highest BCUT2D eigenvalue weighted by atomic mass is 19.3. The van der Waals surface area contributed by atoms with Crippen LogP contribution in [0.1, 0.15) is 32.1 Å². The van der Waals surface area contributed by atoms with E-state index in [1.165, 1.54) is 45.3 Å². The molecule has 0 radical (unpaired) electrons. The van der Waals surface area contributed by atoms with E-state index >= 15 is 0 Å². The summed E-state index contributed by atoms with van der Waals surface area (Å²) >= 11 is 0. The van der Waals surface area contributed by atoms with E-state index < -0.39 is 5.92 Å². The lowest BCUT2D eigenvalue weighted by Crippen LogP contribution is -2.32. The Kier molecular flexibility index (Phi) is 5.32. The normalized spacial score (nSPS) is 32.6. The molecule has 1 N–H and O–H groups in total. The van der Waals surface area contributed by atoms with E-state index in [1.54, 1.807) is 4.90 Å². The van der Waals surface area contributed by atoms with Gasteiger partial charge in [0, 0.05) is 51.9 Å². The van der Waals surface area contributed by atoms with Crippen molar-refractivity contribution in [1.82, 2.24) is 15.1 Å². The number of likely N-dealkylation sites (tertiary alicyclic amines) is 1. The summed E-state index contributed by atoms with van der Waals surface area (Å²) in [7, 11) is 0. The van der Waals surface area contributed by atoms with Crippen molar-refractivity contribution in [2.75, 3.05) is 56.2 Å². The van der Waals surface area contributed by atoms with Gasteiger partial charge in [0.1, 0.15) is 5.82 Å². The van der Waals surface area contributed by atoms with E-state index in [2.05, 4.69) is 20.4 Å². The van der Waals surface area contributed by atoms with Crippen molar-refractivity contribution in [3.63, 3.8) is 0 Å². The molecule has 0 bridgehead atoms. The molecule has 0 spiro atoms. The van der Waals surface area contributed by atoms with Gasteiger partial charge in [-0.15, -0.1) is 10.2 Å². The number of rotatable bonds is 5. The first-order valence-corrected chi connectivity index (χ1v) is 11.1. The fourth-order valence-corrected chi connectivity index (χ4v) is 5.67. The van der Waals surface area contributed by atoms with Crippen molar-refractivity contribution in [1.29, 1.82) is 0 Å². The molecule has 4 aliphatic rings. The Morgan fingerprint density at radius 3 is 2.48 bits per heavy atom. The molecule has 160 valence electrons. The monoisotopic (exact) mass is 407 g/mol. The first kappa shape index (κ1) is 19.4. The summed E-state index contributed by atoms with van der Waals surface area (Å²) in [5, 5.41) is 12.0. The molecule has 1 aromatic rings. The Bertz CT molecular complexity index is 683. The Morgan fingerprint density at radius 2 is 1.86 bits per heavy atom. The van der Waals surface area contributed by atoms with Crippen molar-refractivity contribution < 1.29 is 13.5 Å². The minimum absolute atomic E-state index is 0.106. The van der Waals surface area contributed by atoms with Gasteiger partial charge in [-0.25, -0.2) is 8.78 Å². The summed E-state index contributed by atoms with van der Waals surface area (Å²) < 4.78 is 32.3. The van der Waals surface area contributed by atoms with Crippen LogP contribution in [0.2, 0.25) is 0 Å². The summed E-state index contributed by atoms with van der Waals surface area (Å²) in [4.78, 5) is 4.28. The zero-order chi connectivity index (χ0) is 19.8. The number of hydrogen-bond donors (Lipinski definition) is 1. The number of nitrogens with zero attached hydrogens (tertiary/aromatic N) is 4. The molecule has 0 aromatic carbocycles. The van der Waals surface area contributed by atoms with E-state index in [-0.39, 0.29) is 13.0 Å². The van der Waals surface area contributed by atoms with Gasteiger partial charge in [0.05, 0.1) is 6.54 Å². The lowest BCUT2D eigenvalue weighted by atomic mass is 10.00. The van der Waals surface area contributed by atoms with E-state index in [4.69, 9.17) is 4.74 Å². The molecule has 0 amide bonds. The number of fused-ring (bicyclic) bond motifs is 1. The zero-order valence-electron chi connectivity index (χ0n) is 16.9. The fourth-order valence-electron chi connectivity index (χ4n) is 5.67. The van der Waals surface area contributed by atoms with Gasteiger partial charge in [-0.2, -0.15) is 0 Å². The van der Waals surface area contributed by atoms with E-state index in [0.717, 1.165) is 36.8 Å².